The Balaban J connectivity index is 1.61. The fraction of sp³-hybridized carbons (Fsp3) is 0.579. The summed E-state index contributed by atoms with van der Waals surface area (Å²) in [5, 5.41) is 0. The number of methoxy groups -OCH3 is 1. The van der Waals surface area contributed by atoms with Gasteiger partial charge in [-0.3, -0.25) is 9.69 Å². The van der Waals surface area contributed by atoms with Crippen LogP contribution in [0.3, 0.4) is 0 Å². The van der Waals surface area contributed by atoms with Gasteiger partial charge in [-0.25, -0.2) is 13.2 Å². The van der Waals surface area contributed by atoms with E-state index in [0.717, 1.165) is 0 Å². The lowest BCUT2D eigenvalue weighted by Gasteiger charge is -2.35. The number of esters is 1. The average Bonchev–Trinajstić information content (AvgIpc) is 2.73. The lowest BCUT2D eigenvalue weighted by atomic mass is 10.1. The SMILES string of the molecule is COC(=O)c1ccc(S(=O)(=O)N2CCN(CC(=O)N3CCOCC3)CC2)c(C)c1. The smallest absolute Gasteiger partial charge is 0.337 e. The maximum atomic E-state index is 13.0. The minimum Gasteiger partial charge on any atom is -0.465 e. The number of carbonyl (C=O) groups excluding carboxylic acids is 2. The number of benzene rings is 1. The molecule has 0 spiro atoms. The molecule has 10 heteroatoms. The molecule has 0 radical (unpaired) electrons. The van der Waals surface area contributed by atoms with Crippen LogP contribution in [-0.2, 0) is 24.3 Å². The summed E-state index contributed by atoms with van der Waals surface area (Å²) in [6.07, 6.45) is 0. The van der Waals surface area contributed by atoms with Crippen LogP contribution in [0, 0.1) is 6.92 Å². The minimum absolute atomic E-state index is 0.0545. The third-order valence-corrected chi connectivity index (χ3v) is 7.33. The van der Waals surface area contributed by atoms with E-state index in [1.54, 1.807) is 11.8 Å². The zero-order valence-corrected chi connectivity index (χ0v) is 17.6. The molecule has 2 fully saturated rings. The summed E-state index contributed by atoms with van der Waals surface area (Å²) in [6, 6.07) is 4.43. The predicted octanol–water partition coefficient (Wildman–Crippen LogP) is -0.0533. The van der Waals surface area contributed by atoms with E-state index in [1.807, 2.05) is 4.90 Å². The number of rotatable bonds is 5. The molecule has 1 aromatic rings. The molecule has 2 aliphatic rings. The Kier molecular flexibility index (Phi) is 6.89. The van der Waals surface area contributed by atoms with Gasteiger partial charge in [0.15, 0.2) is 0 Å². The molecule has 2 heterocycles. The van der Waals surface area contributed by atoms with E-state index in [0.29, 0.717) is 70.2 Å². The summed E-state index contributed by atoms with van der Waals surface area (Å²) in [6.45, 7) is 5.91. The second kappa shape index (κ2) is 9.21. The van der Waals surface area contributed by atoms with E-state index < -0.39 is 16.0 Å². The largest absolute Gasteiger partial charge is 0.465 e. The van der Waals surface area contributed by atoms with Crippen LogP contribution in [0.1, 0.15) is 15.9 Å². The normalized spacial score (nSPS) is 19.2. The first-order chi connectivity index (χ1) is 13.8. The predicted molar refractivity (Wildman–Crippen MR) is 105 cm³/mol. The number of amides is 1. The van der Waals surface area contributed by atoms with Gasteiger partial charge in [0.05, 0.1) is 37.3 Å². The van der Waals surface area contributed by atoms with Crippen molar-refractivity contribution in [3.05, 3.63) is 29.3 Å². The topological polar surface area (TPSA) is 96.5 Å². The van der Waals surface area contributed by atoms with Crippen molar-refractivity contribution < 1.29 is 27.5 Å². The maximum Gasteiger partial charge on any atom is 0.337 e. The van der Waals surface area contributed by atoms with Crippen LogP contribution in [0.25, 0.3) is 0 Å². The summed E-state index contributed by atoms with van der Waals surface area (Å²) < 4.78 is 37.4. The van der Waals surface area contributed by atoms with Gasteiger partial charge in [-0.1, -0.05) is 0 Å². The number of piperazine rings is 1. The monoisotopic (exact) mass is 425 g/mol. The van der Waals surface area contributed by atoms with Crippen LogP contribution in [0.4, 0.5) is 0 Å². The minimum atomic E-state index is -3.67. The first-order valence-corrected chi connectivity index (χ1v) is 11.0. The van der Waals surface area contributed by atoms with Gasteiger partial charge >= 0.3 is 5.97 Å². The highest BCUT2D eigenvalue weighted by molar-refractivity contribution is 7.89. The summed E-state index contributed by atoms with van der Waals surface area (Å²) in [4.78, 5) is 28.0. The van der Waals surface area contributed by atoms with Gasteiger partial charge in [-0.15, -0.1) is 0 Å². The molecule has 3 rings (SSSR count). The summed E-state index contributed by atoms with van der Waals surface area (Å²) in [7, 11) is -2.39. The van der Waals surface area contributed by atoms with Crippen molar-refractivity contribution in [2.24, 2.45) is 0 Å². The molecule has 9 nitrogen and oxygen atoms in total. The molecule has 0 unspecified atom stereocenters. The summed E-state index contributed by atoms with van der Waals surface area (Å²) in [5.74, 6) is -0.450. The number of nitrogens with zero attached hydrogens (tertiary/aromatic N) is 3. The Morgan fingerprint density at radius 3 is 2.31 bits per heavy atom. The van der Waals surface area contributed by atoms with E-state index in [9.17, 15) is 18.0 Å². The third kappa shape index (κ3) is 4.95. The second-order valence-corrected chi connectivity index (χ2v) is 9.05. The lowest BCUT2D eigenvalue weighted by molar-refractivity contribution is -0.136. The number of hydrogen-bond acceptors (Lipinski definition) is 7. The molecule has 0 aromatic heterocycles. The van der Waals surface area contributed by atoms with Crippen LogP contribution >= 0.6 is 0 Å². The van der Waals surface area contributed by atoms with Gasteiger partial charge in [0, 0.05) is 39.3 Å². The van der Waals surface area contributed by atoms with Gasteiger partial charge in [0.25, 0.3) is 0 Å². The number of morpholine rings is 1. The zero-order chi connectivity index (χ0) is 21.0. The Hall–Kier alpha value is -2.01. The molecule has 160 valence electrons. The quantitative estimate of drug-likeness (QED) is 0.610. The highest BCUT2D eigenvalue weighted by Gasteiger charge is 2.31. The Labute approximate surface area is 171 Å². The van der Waals surface area contributed by atoms with Crippen molar-refractivity contribution in [2.45, 2.75) is 11.8 Å². The van der Waals surface area contributed by atoms with Crippen molar-refractivity contribution in [2.75, 3.05) is 66.1 Å². The zero-order valence-electron chi connectivity index (χ0n) is 16.8. The summed E-state index contributed by atoms with van der Waals surface area (Å²) in [5.41, 5.74) is 0.813. The number of aryl methyl sites for hydroxylation is 1. The Morgan fingerprint density at radius 1 is 1.07 bits per heavy atom. The fourth-order valence-electron chi connectivity index (χ4n) is 3.55. The average molecular weight is 426 g/mol. The number of hydrogen-bond donors (Lipinski definition) is 0. The maximum absolute atomic E-state index is 13.0. The van der Waals surface area contributed by atoms with Crippen molar-refractivity contribution in [1.29, 1.82) is 0 Å². The molecule has 2 aliphatic heterocycles. The molecule has 1 aromatic carbocycles. The van der Waals surface area contributed by atoms with Crippen molar-refractivity contribution in [3.63, 3.8) is 0 Å². The molecular formula is C19H27N3O6S. The number of sulfonamides is 1. The fourth-order valence-corrected chi connectivity index (χ4v) is 5.18. The van der Waals surface area contributed by atoms with Crippen LogP contribution in [-0.4, -0.2) is 101 Å². The van der Waals surface area contributed by atoms with E-state index in [-0.39, 0.29) is 10.8 Å². The second-order valence-electron chi connectivity index (χ2n) is 7.15. The molecule has 0 aliphatic carbocycles. The van der Waals surface area contributed by atoms with E-state index >= 15 is 0 Å². The van der Waals surface area contributed by atoms with E-state index in [4.69, 9.17) is 4.74 Å². The molecule has 0 atom stereocenters. The molecule has 0 N–H and O–H groups in total. The molecule has 2 saturated heterocycles. The molecule has 0 saturated carbocycles. The van der Waals surface area contributed by atoms with Gasteiger partial charge in [0.1, 0.15) is 0 Å². The molecule has 29 heavy (non-hydrogen) atoms. The van der Waals surface area contributed by atoms with Gasteiger partial charge in [-0.05, 0) is 30.7 Å². The summed E-state index contributed by atoms with van der Waals surface area (Å²) >= 11 is 0. The number of carbonyl (C=O) groups is 2. The van der Waals surface area contributed by atoms with Gasteiger partial charge in [-0.2, -0.15) is 4.31 Å². The lowest BCUT2D eigenvalue weighted by Crippen LogP contribution is -2.52. The Morgan fingerprint density at radius 2 is 1.72 bits per heavy atom. The van der Waals surface area contributed by atoms with Crippen LogP contribution < -0.4 is 0 Å². The van der Waals surface area contributed by atoms with Crippen LogP contribution in [0.15, 0.2) is 23.1 Å². The van der Waals surface area contributed by atoms with Crippen LogP contribution in [0.2, 0.25) is 0 Å². The molecule has 1 amide bonds. The highest BCUT2D eigenvalue weighted by atomic mass is 32.2. The van der Waals surface area contributed by atoms with E-state index in [2.05, 4.69) is 4.74 Å². The van der Waals surface area contributed by atoms with Gasteiger partial charge in [0.2, 0.25) is 15.9 Å². The van der Waals surface area contributed by atoms with E-state index in [1.165, 1.54) is 29.6 Å². The third-order valence-electron chi connectivity index (χ3n) is 5.27. The molecule has 0 bridgehead atoms. The van der Waals surface area contributed by atoms with Crippen LogP contribution in [0.5, 0.6) is 0 Å². The first kappa shape index (κ1) is 21.7. The molecular weight excluding hydrogens is 398 g/mol. The van der Waals surface area contributed by atoms with Crippen molar-refractivity contribution in [1.82, 2.24) is 14.1 Å². The highest BCUT2D eigenvalue weighted by Crippen LogP contribution is 2.22. The van der Waals surface area contributed by atoms with Crippen molar-refractivity contribution in [3.8, 4) is 0 Å². The number of ether oxygens (including phenoxy) is 2. The first-order valence-electron chi connectivity index (χ1n) is 9.60. The standard InChI is InChI=1S/C19H27N3O6S/c1-15-13-16(19(24)27-2)3-4-17(15)29(25,26)22-7-5-20(6-8-22)14-18(23)21-9-11-28-12-10-21/h3-4,13H,5-12,14H2,1-2H3. The van der Waals surface area contributed by atoms with Gasteiger partial charge < -0.3 is 14.4 Å². The van der Waals surface area contributed by atoms with Crippen molar-refractivity contribution >= 4 is 21.9 Å². The Bertz CT molecular complexity index is 859.